The van der Waals surface area contributed by atoms with Crippen LogP contribution >= 0.6 is 0 Å². The van der Waals surface area contributed by atoms with Gasteiger partial charge in [0.2, 0.25) is 0 Å². The molecule has 3 N–H and O–H groups in total. The molecule has 1 heterocycles. The summed E-state index contributed by atoms with van der Waals surface area (Å²) in [5, 5.41) is 2.91. The summed E-state index contributed by atoms with van der Waals surface area (Å²) in [5.41, 5.74) is 9.19. The Balaban J connectivity index is 1.52. The first-order valence-electron chi connectivity index (χ1n) is 8.23. The Kier molecular flexibility index (Phi) is 5.46. The van der Waals surface area contributed by atoms with Crippen molar-refractivity contribution in [2.75, 3.05) is 32.0 Å². The number of carbonyl (C=O) groups is 1. The number of hydrogen-bond donors (Lipinski definition) is 2. The van der Waals surface area contributed by atoms with E-state index in [1.54, 1.807) is 12.1 Å². The highest BCUT2D eigenvalue weighted by Gasteiger charge is 2.11. The molecule has 1 aliphatic rings. The molecule has 1 fully saturated rings. The summed E-state index contributed by atoms with van der Waals surface area (Å²) in [5.74, 6) is -0.148. The SMILES string of the molecule is Nc1ccccc1C(=O)NCc1ccc(CN2CCOCC2)cc1. The van der Waals surface area contributed by atoms with Gasteiger partial charge in [0.1, 0.15) is 0 Å². The van der Waals surface area contributed by atoms with Crippen molar-refractivity contribution in [1.29, 1.82) is 0 Å². The van der Waals surface area contributed by atoms with Crippen LogP contribution in [0.4, 0.5) is 5.69 Å². The van der Waals surface area contributed by atoms with Gasteiger partial charge in [-0.15, -0.1) is 0 Å². The number of rotatable bonds is 5. The van der Waals surface area contributed by atoms with Crippen LogP contribution in [0.25, 0.3) is 0 Å². The third-order valence-electron chi connectivity index (χ3n) is 4.19. The lowest BCUT2D eigenvalue weighted by atomic mass is 10.1. The number of anilines is 1. The number of amides is 1. The van der Waals surface area contributed by atoms with E-state index in [1.807, 2.05) is 12.1 Å². The standard InChI is InChI=1S/C19H23N3O2/c20-18-4-2-1-3-17(18)19(23)21-13-15-5-7-16(8-6-15)14-22-9-11-24-12-10-22/h1-8H,9-14,20H2,(H,21,23). The number of ether oxygens (including phenoxy) is 1. The van der Waals surface area contributed by atoms with Gasteiger partial charge in [-0.3, -0.25) is 9.69 Å². The Hall–Kier alpha value is -2.37. The lowest BCUT2D eigenvalue weighted by Gasteiger charge is -2.26. The van der Waals surface area contributed by atoms with Crippen molar-refractivity contribution in [2.45, 2.75) is 13.1 Å². The van der Waals surface area contributed by atoms with Crippen LogP contribution < -0.4 is 11.1 Å². The largest absolute Gasteiger partial charge is 0.398 e. The van der Waals surface area contributed by atoms with Gasteiger partial charge in [-0.2, -0.15) is 0 Å². The molecule has 0 spiro atoms. The van der Waals surface area contributed by atoms with Gasteiger partial charge in [0.15, 0.2) is 0 Å². The fourth-order valence-electron chi connectivity index (χ4n) is 2.76. The van der Waals surface area contributed by atoms with Gasteiger partial charge >= 0.3 is 0 Å². The minimum atomic E-state index is -0.148. The molecule has 0 radical (unpaired) electrons. The van der Waals surface area contributed by atoms with E-state index in [0.717, 1.165) is 38.4 Å². The first kappa shape index (κ1) is 16.5. The fourth-order valence-corrected chi connectivity index (χ4v) is 2.76. The van der Waals surface area contributed by atoms with E-state index in [-0.39, 0.29) is 5.91 Å². The summed E-state index contributed by atoms with van der Waals surface area (Å²) in [7, 11) is 0. The maximum absolute atomic E-state index is 12.2. The number of nitrogens with two attached hydrogens (primary N) is 1. The first-order valence-corrected chi connectivity index (χ1v) is 8.23. The predicted molar refractivity (Wildman–Crippen MR) is 94.6 cm³/mol. The molecule has 24 heavy (non-hydrogen) atoms. The number of benzene rings is 2. The maximum Gasteiger partial charge on any atom is 0.253 e. The summed E-state index contributed by atoms with van der Waals surface area (Å²) in [6, 6.07) is 15.5. The van der Waals surface area contributed by atoms with Crippen molar-refractivity contribution in [3.8, 4) is 0 Å². The van der Waals surface area contributed by atoms with E-state index < -0.39 is 0 Å². The van der Waals surface area contributed by atoms with Crippen LogP contribution in [-0.2, 0) is 17.8 Å². The molecule has 0 saturated carbocycles. The quantitative estimate of drug-likeness (QED) is 0.826. The molecule has 0 bridgehead atoms. The lowest BCUT2D eigenvalue weighted by molar-refractivity contribution is 0.0342. The second kappa shape index (κ2) is 7.95. The van der Waals surface area contributed by atoms with Crippen LogP contribution in [0.3, 0.4) is 0 Å². The number of para-hydroxylation sites is 1. The van der Waals surface area contributed by atoms with Crippen LogP contribution in [0.5, 0.6) is 0 Å². The lowest BCUT2D eigenvalue weighted by Crippen LogP contribution is -2.35. The highest BCUT2D eigenvalue weighted by molar-refractivity contribution is 5.98. The molecule has 126 valence electrons. The molecule has 5 heteroatoms. The van der Waals surface area contributed by atoms with Gasteiger partial charge in [0.25, 0.3) is 5.91 Å². The zero-order chi connectivity index (χ0) is 16.8. The van der Waals surface area contributed by atoms with Crippen molar-refractivity contribution in [3.05, 3.63) is 65.2 Å². The second-order valence-corrected chi connectivity index (χ2v) is 5.97. The van der Waals surface area contributed by atoms with Gasteiger partial charge in [-0.25, -0.2) is 0 Å². The third-order valence-corrected chi connectivity index (χ3v) is 4.19. The van der Waals surface area contributed by atoms with E-state index in [1.165, 1.54) is 5.56 Å². The van der Waals surface area contributed by atoms with Gasteiger partial charge in [0, 0.05) is 31.9 Å². The highest BCUT2D eigenvalue weighted by atomic mass is 16.5. The molecule has 0 unspecified atom stereocenters. The van der Waals surface area contributed by atoms with Crippen molar-refractivity contribution in [3.63, 3.8) is 0 Å². The summed E-state index contributed by atoms with van der Waals surface area (Å²) in [6.45, 7) is 5.02. The Bertz CT molecular complexity index is 679. The zero-order valence-corrected chi connectivity index (χ0v) is 13.7. The Morgan fingerprint density at radius 3 is 2.42 bits per heavy atom. The fraction of sp³-hybridized carbons (Fsp3) is 0.316. The number of morpholine rings is 1. The number of nitrogens with zero attached hydrogens (tertiary/aromatic N) is 1. The van der Waals surface area contributed by atoms with Crippen molar-refractivity contribution >= 4 is 11.6 Å². The number of carbonyl (C=O) groups excluding carboxylic acids is 1. The van der Waals surface area contributed by atoms with Crippen molar-refractivity contribution in [1.82, 2.24) is 10.2 Å². The third kappa shape index (κ3) is 4.34. The second-order valence-electron chi connectivity index (χ2n) is 5.97. The van der Waals surface area contributed by atoms with Gasteiger partial charge in [0.05, 0.1) is 18.8 Å². The van der Waals surface area contributed by atoms with Gasteiger partial charge in [-0.1, -0.05) is 36.4 Å². The van der Waals surface area contributed by atoms with Gasteiger partial charge in [-0.05, 0) is 23.3 Å². The number of nitrogens with one attached hydrogen (secondary N) is 1. The predicted octanol–water partition coefficient (Wildman–Crippen LogP) is 2.03. The summed E-state index contributed by atoms with van der Waals surface area (Å²) < 4.78 is 5.36. The van der Waals surface area contributed by atoms with Crippen LogP contribution in [0.2, 0.25) is 0 Å². The molecule has 0 aromatic heterocycles. The Morgan fingerprint density at radius 2 is 1.71 bits per heavy atom. The average molecular weight is 325 g/mol. The van der Waals surface area contributed by atoms with E-state index in [0.29, 0.717) is 17.8 Å². The normalized spacial score (nSPS) is 15.2. The van der Waals surface area contributed by atoms with E-state index in [2.05, 4.69) is 34.5 Å². The topological polar surface area (TPSA) is 67.6 Å². The first-order chi connectivity index (χ1) is 11.7. The molecular formula is C19H23N3O2. The molecule has 2 aromatic carbocycles. The Labute approximate surface area is 142 Å². The average Bonchev–Trinajstić information content (AvgIpc) is 2.62. The molecular weight excluding hydrogens is 302 g/mol. The van der Waals surface area contributed by atoms with Crippen LogP contribution in [0.15, 0.2) is 48.5 Å². The van der Waals surface area contributed by atoms with Crippen LogP contribution in [0, 0.1) is 0 Å². The minimum absolute atomic E-state index is 0.148. The Morgan fingerprint density at radius 1 is 1.04 bits per heavy atom. The maximum atomic E-state index is 12.2. The number of hydrogen-bond acceptors (Lipinski definition) is 4. The summed E-state index contributed by atoms with van der Waals surface area (Å²) >= 11 is 0. The van der Waals surface area contributed by atoms with E-state index in [9.17, 15) is 4.79 Å². The van der Waals surface area contributed by atoms with Crippen molar-refractivity contribution < 1.29 is 9.53 Å². The molecule has 0 atom stereocenters. The summed E-state index contributed by atoms with van der Waals surface area (Å²) in [4.78, 5) is 14.5. The van der Waals surface area contributed by atoms with E-state index >= 15 is 0 Å². The molecule has 2 aromatic rings. The molecule has 3 rings (SSSR count). The molecule has 5 nitrogen and oxygen atoms in total. The highest BCUT2D eigenvalue weighted by Crippen LogP contribution is 2.12. The van der Waals surface area contributed by atoms with Gasteiger partial charge < -0.3 is 15.8 Å². The van der Waals surface area contributed by atoms with Crippen LogP contribution in [-0.4, -0.2) is 37.1 Å². The molecule has 1 amide bonds. The van der Waals surface area contributed by atoms with E-state index in [4.69, 9.17) is 10.5 Å². The summed E-state index contributed by atoms with van der Waals surface area (Å²) in [6.07, 6.45) is 0. The smallest absolute Gasteiger partial charge is 0.253 e. The number of nitrogen functional groups attached to an aromatic ring is 1. The minimum Gasteiger partial charge on any atom is -0.398 e. The van der Waals surface area contributed by atoms with Crippen LogP contribution in [0.1, 0.15) is 21.5 Å². The monoisotopic (exact) mass is 325 g/mol. The molecule has 0 aliphatic carbocycles. The zero-order valence-electron chi connectivity index (χ0n) is 13.7. The molecule has 1 aliphatic heterocycles. The van der Waals surface area contributed by atoms with Crippen molar-refractivity contribution in [2.24, 2.45) is 0 Å². The molecule has 1 saturated heterocycles.